The second kappa shape index (κ2) is 6.48. The van der Waals surface area contributed by atoms with Gasteiger partial charge in [-0.2, -0.15) is 0 Å². The molecule has 19 heavy (non-hydrogen) atoms. The average molecular weight is 341 g/mol. The van der Waals surface area contributed by atoms with Crippen molar-refractivity contribution in [1.29, 1.82) is 0 Å². The number of thiocarbonyl (C=S) groups is 1. The highest BCUT2D eigenvalue weighted by Gasteiger charge is 2.21. The van der Waals surface area contributed by atoms with E-state index in [2.05, 4.69) is 21.2 Å². The summed E-state index contributed by atoms with van der Waals surface area (Å²) >= 11 is 8.36. The summed E-state index contributed by atoms with van der Waals surface area (Å²) in [7, 11) is 0. The number of benzene rings is 1. The first-order valence-electron chi connectivity index (χ1n) is 6.48. The maximum absolute atomic E-state index is 12.2. The van der Waals surface area contributed by atoms with E-state index in [-0.39, 0.29) is 11.8 Å². The van der Waals surface area contributed by atoms with E-state index >= 15 is 0 Å². The van der Waals surface area contributed by atoms with Crippen molar-refractivity contribution in [2.45, 2.75) is 32.1 Å². The van der Waals surface area contributed by atoms with Gasteiger partial charge in [0.05, 0.1) is 5.69 Å². The molecule has 1 aliphatic rings. The molecule has 1 fully saturated rings. The number of nitrogens with one attached hydrogen (secondary N) is 1. The molecule has 0 saturated heterocycles. The molecule has 2 rings (SSSR count). The number of nitrogens with two attached hydrogens (primary N) is 1. The minimum atomic E-state index is 0.114. The first-order chi connectivity index (χ1) is 9.08. The van der Waals surface area contributed by atoms with Crippen molar-refractivity contribution in [3.8, 4) is 0 Å². The van der Waals surface area contributed by atoms with Crippen molar-refractivity contribution in [2.24, 2.45) is 11.7 Å². The monoisotopic (exact) mass is 340 g/mol. The van der Waals surface area contributed by atoms with Gasteiger partial charge < -0.3 is 11.1 Å². The lowest BCUT2D eigenvalue weighted by atomic mass is 9.88. The van der Waals surface area contributed by atoms with E-state index in [0.717, 1.165) is 41.4 Å². The van der Waals surface area contributed by atoms with Gasteiger partial charge in [-0.25, -0.2) is 0 Å². The molecule has 0 spiro atoms. The third kappa shape index (κ3) is 3.76. The fourth-order valence-electron chi connectivity index (χ4n) is 2.37. The van der Waals surface area contributed by atoms with Crippen LogP contribution in [0.15, 0.2) is 22.7 Å². The van der Waals surface area contributed by atoms with Gasteiger partial charge in [0.25, 0.3) is 0 Å². The van der Waals surface area contributed by atoms with Gasteiger partial charge in [0.1, 0.15) is 4.99 Å². The summed E-state index contributed by atoms with van der Waals surface area (Å²) in [6.07, 6.45) is 5.54. The molecule has 3 nitrogen and oxygen atoms in total. The van der Waals surface area contributed by atoms with E-state index in [1.54, 1.807) is 0 Å². The zero-order chi connectivity index (χ0) is 13.8. The Morgan fingerprint density at radius 2 is 2.00 bits per heavy atom. The Morgan fingerprint density at radius 1 is 1.32 bits per heavy atom. The van der Waals surface area contributed by atoms with Crippen molar-refractivity contribution in [3.63, 3.8) is 0 Å². The Morgan fingerprint density at radius 3 is 2.58 bits per heavy atom. The van der Waals surface area contributed by atoms with E-state index in [0.29, 0.717) is 4.99 Å². The summed E-state index contributed by atoms with van der Waals surface area (Å²) in [6.45, 7) is 0. The van der Waals surface area contributed by atoms with Gasteiger partial charge in [0.15, 0.2) is 0 Å². The quantitative estimate of drug-likeness (QED) is 0.826. The third-order valence-corrected chi connectivity index (χ3v) is 4.38. The van der Waals surface area contributed by atoms with Crippen molar-refractivity contribution >= 4 is 44.7 Å². The van der Waals surface area contributed by atoms with Crippen LogP contribution >= 0.6 is 28.1 Å². The van der Waals surface area contributed by atoms with Crippen LogP contribution < -0.4 is 11.1 Å². The number of halogens is 1. The van der Waals surface area contributed by atoms with Crippen LogP contribution in [-0.4, -0.2) is 10.9 Å². The molecule has 1 aliphatic carbocycles. The third-order valence-electron chi connectivity index (χ3n) is 3.49. The Bertz CT molecular complexity index is 498. The van der Waals surface area contributed by atoms with Crippen molar-refractivity contribution in [2.75, 3.05) is 5.32 Å². The van der Waals surface area contributed by atoms with Gasteiger partial charge in [-0.3, -0.25) is 4.79 Å². The molecule has 1 aromatic carbocycles. The molecule has 1 saturated carbocycles. The Kier molecular flexibility index (Phi) is 4.93. The molecule has 0 radical (unpaired) electrons. The lowest BCUT2D eigenvalue weighted by Gasteiger charge is -2.21. The highest BCUT2D eigenvalue weighted by atomic mass is 79.9. The SMILES string of the molecule is NC(=S)c1ccc(NC(=O)C2CCCCC2)c(Br)c1. The molecule has 1 amide bonds. The van der Waals surface area contributed by atoms with Gasteiger partial charge in [0.2, 0.25) is 5.91 Å². The molecule has 0 unspecified atom stereocenters. The minimum absolute atomic E-state index is 0.114. The van der Waals surface area contributed by atoms with Crippen LogP contribution in [0.25, 0.3) is 0 Å². The first kappa shape index (κ1) is 14.5. The molecule has 1 aromatic rings. The van der Waals surface area contributed by atoms with Gasteiger partial charge in [-0.15, -0.1) is 0 Å². The van der Waals surface area contributed by atoms with Gasteiger partial charge >= 0.3 is 0 Å². The maximum atomic E-state index is 12.2. The standard InChI is InChI=1S/C14H17BrN2OS/c15-11-8-10(13(16)19)6-7-12(11)17-14(18)9-4-2-1-3-5-9/h6-9H,1-5H2,(H2,16,19)(H,17,18). The minimum Gasteiger partial charge on any atom is -0.389 e. The molecule has 0 atom stereocenters. The van der Waals surface area contributed by atoms with Crippen molar-refractivity contribution in [1.82, 2.24) is 0 Å². The molecule has 0 heterocycles. The summed E-state index contributed by atoms with van der Waals surface area (Å²) in [4.78, 5) is 12.5. The number of hydrogen-bond donors (Lipinski definition) is 2. The van der Waals surface area contributed by atoms with E-state index in [9.17, 15) is 4.79 Å². The topological polar surface area (TPSA) is 55.1 Å². The number of carbonyl (C=O) groups excluding carboxylic acids is 1. The number of hydrogen-bond acceptors (Lipinski definition) is 2. The lowest BCUT2D eigenvalue weighted by Crippen LogP contribution is -2.25. The summed E-state index contributed by atoms with van der Waals surface area (Å²) in [5, 5.41) is 2.98. The number of anilines is 1. The molecular formula is C14H17BrN2OS. The highest BCUT2D eigenvalue weighted by Crippen LogP contribution is 2.28. The van der Waals surface area contributed by atoms with Crippen LogP contribution in [0.1, 0.15) is 37.7 Å². The van der Waals surface area contributed by atoms with Crippen LogP contribution in [-0.2, 0) is 4.79 Å². The van der Waals surface area contributed by atoms with Crippen LogP contribution in [0.4, 0.5) is 5.69 Å². The second-order valence-electron chi connectivity index (χ2n) is 4.88. The zero-order valence-corrected chi connectivity index (χ0v) is 13.0. The number of rotatable bonds is 3. The summed E-state index contributed by atoms with van der Waals surface area (Å²) < 4.78 is 0.807. The Labute approximate surface area is 127 Å². The van der Waals surface area contributed by atoms with Crippen LogP contribution in [0.3, 0.4) is 0 Å². The average Bonchev–Trinajstić information content (AvgIpc) is 2.41. The van der Waals surface area contributed by atoms with E-state index in [4.69, 9.17) is 18.0 Å². The molecule has 0 bridgehead atoms. The van der Waals surface area contributed by atoms with Gasteiger partial charge in [0, 0.05) is 16.0 Å². The Balaban J connectivity index is 2.06. The summed E-state index contributed by atoms with van der Waals surface area (Å²) in [6, 6.07) is 5.49. The summed E-state index contributed by atoms with van der Waals surface area (Å²) in [5.41, 5.74) is 7.14. The predicted molar refractivity (Wildman–Crippen MR) is 85.2 cm³/mol. The molecular weight excluding hydrogens is 324 g/mol. The molecule has 3 N–H and O–H groups in total. The van der Waals surface area contributed by atoms with Crippen molar-refractivity contribution < 1.29 is 4.79 Å². The van der Waals surface area contributed by atoms with Crippen LogP contribution in [0.5, 0.6) is 0 Å². The molecule has 5 heteroatoms. The number of amides is 1. The fourth-order valence-corrected chi connectivity index (χ4v) is 2.97. The van der Waals surface area contributed by atoms with Gasteiger partial charge in [-0.05, 0) is 47.0 Å². The first-order valence-corrected chi connectivity index (χ1v) is 7.68. The van der Waals surface area contributed by atoms with Gasteiger partial charge in [-0.1, -0.05) is 31.5 Å². The highest BCUT2D eigenvalue weighted by molar-refractivity contribution is 9.10. The maximum Gasteiger partial charge on any atom is 0.227 e. The summed E-state index contributed by atoms with van der Waals surface area (Å²) in [5.74, 6) is 0.263. The molecule has 0 aromatic heterocycles. The van der Waals surface area contributed by atoms with E-state index in [1.807, 2.05) is 18.2 Å². The van der Waals surface area contributed by atoms with Crippen LogP contribution in [0, 0.1) is 5.92 Å². The largest absolute Gasteiger partial charge is 0.389 e. The zero-order valence-electron chi connectivity index (χ0n) is 10.6. The van der Waals surface area contributed by atoms with Crippen LogP contribution in [0.2, 0.25) is 0 Å². The molecule has 0 aliphatic heterocycles. The van der Waals surface area contributed by atoms with E-state index in [1.165, 1.54) is 6.42 Å². The predicted octanol–water partition coefficient (Wildman–Crippen LogP) is 3.60. The lowest BCUT2D eigenvalue weighted by molar-refractivity contribution is -0.120. The Hall–Kier alpha value is -0.940. The second-order valence-corrected chi connectivity index (χ2v) is 6.18. The smallest absolute Gasteiger partial charge is 0.227 e. The van der Waals surface area contributed by atoms with Crippen molar-refractivity contribution in [3.05, 3.63) is 28.2 Å². The molecule has 102 valence electrons. The normalized spacial score (nSPS) is 16.1. The van der Waals surface area contributed by atoms with E-state index < -0.39 is 0 Å². The number of carbonyl (C=O) groups is 1. The fraction of sp³-hybridized carbons (Fsp3) is 0.429.